The number of carbonyl (C=O) groups excluding carboxylic acids is 1. The molecule has 1 aliphatic carbocycles. The predicted octanol–water partition coefficient (Wildman–Crippen LogP) is 0.605. The SMILES string of the molecule is CC(=O)N1CCN(c2cc(N)nc(C3CC3)n2)CC1. The van der Waals surface area contributed by atoms with Crippen molar-refractivity contribution in [2.75, 3.05) is 36.8 Å². The summed E-state index contributed by atoms with van der Waals surface area (Å²) >= 11 is 0. The standard InChI is InChI=1S/C13H19N5O/c1-9(19)17-4-6-18(7-5-17)12-8-11(14)15-13(16-12)10-2-3-10/h8,10H,2-7H2,1H3,(H2,14,15,16). The van der Waals surface area contributed by atoms with Crippen LogP contribution in [-0.2, 0) is 4.79 Å². The van der Waals surface area contributed by atoms with Crippen LogP contribution in [0.1, 0.15) is 31.5 Å². The van der Waals surface area contributed by atoms with Crippen LogP contribution in [0.4, 0.5) is 11.6 Å². The van der Waals surface area contributed by atoms with Crippen LogP contribution in [0.5, 0.6) is 0 Å². The van der Waals surface area contributed by atoms with Gasteiger partial charge in [-0.05, 0) is 12.8 Å². The van der Waals surface area contributed by atoms with Crippen LogP contribution in [-0.4, -0.2) is 47.0 Å². The minimum atomic E-state index is 0.139. The van der Waals surface area contributed by atoms with Crippen LogP contribution < -0.4 is 10.6 Å². The van der Waals surface area contributed by atoms with Gasteiger partial charge in [0, 0.05) is 45.1 Å². The second kappa shape index (κ2) is 4.68. The van der Waals surface area contributed by atoms with Crippen LogP contribution in [0.2, 0.25) is 0 Å². The van der Waals surface area contributed by atoms with Gasteiger partial charge in [-0.15, -0.1) is 0 Å². The summed E-state index contributed by atoms with van der Waals surface area (Å²) in [6.45, 7) is 4.72. The van der Waals surface area contributed by atoms with E-state index in [4.69, 9.17) is 5.73 Å². The number of nitrogens with zero attached hydrogens (tertiary/aromatic N) is 4. The van der Waals surface area contributed by atoms with Crippen molar-refractivity contribution in [3.63, 3.8) is 0 Å². The first kappa shape index (κ1) is 12.2. The Morgan fingerprint density at radius 2 is 1.95 bits per heavy atom. The Morgan fingerprint density at radius 3 is 2.53 bits per heavy atom. The first-order chi connectivity index (χ1) is 9.13. The van der Waals surface area contributed by atoms with Crippen molar-refractivity contribution in [2.45, 2.75) is 25.7 Å². The van der Waals surface area contributed by atoms with E-state index in [1.807, 2.05) is 11.0 Å². The minimum Gasteiger partial charge on any atom is -0.384 e. The fourth-order valence-electron chi connectivity index (χ4n) is 2.41. The summed E-state index contributed by atoms with van der Waals surface area (Å²) in [7, 11) is 0. The van der Waals surface area contributed by atoms with E-state index in [9.17, 15) is 4.79 Å². The third kappa shape index (κ3) is 2.62. The number of amides is 1. The monoisotopic (exact) mass is 261 g/mol. The number of nitrogens with two attached hydrogens (primary N) is 1. The molecule has 2 N–H and O–H groups in total. The minimum absolute atomic E-state index is 0.139. The number of piperazine rings is 1. The van der Waals surface area contributed by atoms with E-state index >= 15 is 0 Å². The van der Waals surface area contributed by atoms with Crippen molar-refractivity contribution in [3.8, 4) is 0 Å². The summed E-state index contributed by atoms with van der Waals surface area (Å²) in [5, 5.41) is 0. The van der Waals surface area contributed by atoms with Gasteiger partial charge in [0.1, 0.15) is 17.5 Å². The number of carbonyl (C=O) groups is 1. The first-order valence-electron chi connectivity index (χ1n) is 6.78. The number of hydrogen-bond donors (Lipinski definition) is 1. The third-order valence-corrected chi connectivity index (χ3v) is 3.74. The van der Waals surface area contributed by atoms with Gasteiger partial charge < -0.3 is 15.5 Å². The highest BCUT2D eigenvalue weighted by Crippen LogP contribution is 2.38. The molecule has 1 saturated carbocycles. The van der Waals surface area contributed by atoms with E-state index in [1.165, 1.54) is 12.8 Å². The van der Waals surface area contributed by atoms with Gasteiger partial charge in [0.2, 0.25) is 5.91 Å². The summed E-state index contributed by atoms with van der Waals surface area (Å²) in [5.41, 5.74) is 5.86. The molecule has 1 aromatic heterocycles. The Labute approximate surface area is 112 Å². The molecule has 2 heterocycles. The normalized spacial score (nSPS) is 19.6. The molecule has 1 aromatic rings. The number of anilines is 2. The van der Waals surface area contributed by atoms with Gasteiger partial charge in [-0.2, -0.15) is 0 Å². The van der Waals surface area contributed by atoms with Gasteiger partial charge >= 0.3 is 0 Å². The number of rotatable bonds is 2. The van der Waals surface area contributed by atoms with E-state index in [-0.39, 0.29) is 5.91 Å². The van der Waals surface area contributed by atoms with Crippen LogP contribution in [0.3, 0.4) is 0 Å². The van der Waals surface area contributed by atoms with Gasteiger partial charge in [0.15, 0.2) is 0 Å². The maximum absolute atomic E-state index is 11.3. The van der Waals surface area contributed by atoms with Crippen molar-refractivity contribution in [3.05, 3.63) is 11.9 Å². The maximum atomic E-state index is 11.3. The molecule has 0 atom stereocenters. The highest BCUT2D eigenvalue weighted by atomic mass is 16.2. The third-order valence-electron chi connectivity index (χ3n) is 3.74. The molecule has 1 aliphatic heterocycles. The highest BCUT2D eigenvalue weighted by molar-refractivity contribution is 5.73. The van der Waals surface area contributed by atoms with Gasteiger partial charge in [-0.25, -0.2) is 9.97 Å². The van der Waals surface area contributed by atoms with Crippen molar-refractivity contribution in [2.24, 2.45) is 0 Å². The molecule has 2 aliphatic rings. The fourth-order valence-corrected chi connectivity index (χ4v) is 2.41. The molecular weight excluding hydrogens is 242 g/mol. The second-order valence-corrected chi connectivity index (χ2v) is 5.28. The van der Waals surface area contributed by atoms with E-state index < -0.39 is 0 Å². The van der Waals surface area contributed by atoms with Gasteiger partial charge in [-0.1, -0.05) is 0 Å². The van der Waals surface area contributed by atoms with Crippen LogP contribution in [0.15, 0.2) is 6.07 Å². The molecule has 0 unspecified atom stereocenters. The van der Waals surface area contributed by atoms with Gasteiger partial charge in [-0.3, -0.25) is 4.79 Å². The fraction of sp³-hybridized carbons (Fsp3) is 0.615. The summed E-state index contributed by atoms with van der Waals surface area (Å²) in [6.07, 6.45) is 2.34. The van der Waals surface area contributed by atoms with Crippen molar-refractivity contribution in [1.82, 2.24) is 14.9 Å². The van der Waals surface area contributed by atoms with E-state index in [0.717, 1.165) is 37.8 Å². The molecule has 0 aromatic carbocycles. The quantitative estimate of drug-likeness (QED) is 0.844. The molecule has 19 heavy (non-hydrogen) atoms. The Bertz CT molecular complexity index is 492. The number of aromatic nitrogens is 2. The zero-order chi connectivity index (χ0) is 13.4. The lowest BCUT2D eigenvalue weighted by atomic mass is 10.3. The van der Waals surface area contributed by atoms with Crippen molar-refractivity contribution in [1.29, 1.82) is 0 Å². The lowest BCUT2D eigenvalue weighted by Crippen LogP contribution is -2.48. The van der Waals surface area contributed by atoms with E-state index in [0.29, 0.717) is 11.7 Å². The summed E-state index contributed by atoms with van der Waals surface area (Å²) in [6, 6.07) is 1.83. The molecule has 6 nitrogen and oxygen atoms in total. The van der Waals surface area contributed by atoms with Crippen molar-refractivity contribution < 1.29 is 4.79 Å². The Balaban J connectivity index is 1.74. The molecule has 1 amide bonds. The topological polar surface area (TPSA) is 75.4 Å². The largest absolute Gasteiger partial charge is 0.384 e. The molecule has 1 saturated heterocycles. The zero-order valence-corrected chi connectivity index (χ0v) is 11.2. The Morgan fingerprint density at radius 1 is 1.26 bits per heavy atom. The average Bonchev–Trinajstić information content (AvgIpc) is 3.22. The lowest BCUT2D eigenvalue weighted by molar-refractivity contribution is -0.129. The van der Waals surface area contributed by atoms with Crippen LogP contribution in [0, 0.1) is 0 Å². The van der Waals surface area contributed by atoms with E-state index in [2.05, 4.69) is 14.9 Å². The number of nitrogen functional groups attached to an aromatic ring is 1. The molecule has 0 bridgehead atoms. The smallest absolute Gasteiger partial charge is 0.219 e. The maximum Gasteiger partial charge on any atom is 0.219 e. The molecule has 0 spiro atoms. The lowest BCUT2D eigenvalue weighted by Gasteiger charge is -2.35. The molecular formula is C13H19N5O. The van der Waals surface area contributed by atoms with Crippen LogP contribution >= 0.6 is 0 Å². The molecule has 3 rings (SSSR count). The Hall–Kier alpha value is -1.85. The highest BCUT2D eigenvalue weighted by Gasteiger charge is 2.28. The van der Waals surface area contributed by atoms with Gasteiger partial charge in [0.05, 0.1) is 0 Å². The molecule has 102 valence electrons. The summed E-state index contributed by atoms with van der Waals surface area (Å²) < 4.78 is 0. The first-order valence-corrected chi connectivity index (χ1v) is 6.78. The molecule has 0 radical (unpaired) electrons. The molecule has 6 heteroatoms. The van der Waals surface area contributed by atoms with E-state index in [1.54, 1.807) is 6.92 Å². The number of hydrogen-bond acceptors (Lipinski definition) is 5. The average molecular weight is 261 g/mol. The summed E-state index contributed by atoms with van der Waals surface area (Å²) in [5.74, 6) is 2.96. The van der Waals surface area contributed by atoms with Crippen molar-refractivity contribution >= 4 is 17.5 Å². The van der Waals surface area contributed by atoms with Gasteiger partial charge in [0.25, 0.3) is 0 Å². The second-order valence-electron chi connectivity index (χ2n) is 5.28. The van der Waals surface area contributed by atoms with Crippen LogP contribution in [0.25, 0.3) is 0 Å². The summed E-state index contributed by atoms with van der Waals surface area (Å²) in [4.78, 5) is 24.3. The Kier molecular flexibility index (Phi) is 3.00. The molecule has 2 fully saturated rings. The zero-order valence-electron chi connectivity index (χ0n) is 11.2. The predicted molar refractivity (Wildman–Crippen MR) is 72.9 cm³/mol.